The molecule has 0 heterocycles. The normalized spacial score (nSPS) is 12.6. The van der Waals surface area contributed by atoms with Crippen LogP contribution in [-0.4, -0.2) is 20.7 Å². The summed E-state index contributed by atoms with van der Waals surface area (Å²) < 4.78 is 5.30. The molecule has 17 heavy (non-hydrogen) atoms. The highest BCUT2D eigenvalue weighted by molar-refractivity contribution is 6.76. The number of unbranched alkanes of at least 4 members (excludes halogenated alkanes) is 2. The second-order valence-corrected chi connectivity index (χ2v) is 12.4. The van der Waals surface area contributed by atoms with Gasteiger partial charge in [-0.25, -0.2) is 0 Å². The Hall–Kier alpha value is -0.313. The van der Waals surface area contributed by atoms with Crippen LogP contribution < -0.4 is 0 Å². The summed E-state index contributed by atoms with van der Waals surface area (Å²) in [5.41, 5.74) is -0.321. The third-order valence-corrected chi connectivity index (χ3v) is 5.09. The monoisotopic (exact) mass is 258 g/mol. The molecule has 3 heteroatoms. The summed E-state index contributed by atoms with van der Waals surface area (Å²) in [5, 5.41) is 0. The highest BCUT2D eigenvalue weighted by Gasteiger charge is 2.26. The molecule has 0 saturated heterocycles. The Kier molecular flexibility index (Phi) is 7.06. The highest BCUT2D eigenvalue weighted by atomic mass is 28.3. The molecule has 0 saturated carbocycles. The zero-order chi connectivity index (χ0) is 13.5. The lowest BCUT2D eigenvalue weighted by Gasteiger charge is -2.20. The second kappa shape index (κ2) is 7.19. The van der Waals surface area contributed by atoms with Gasteiger partial charge < -0.3 is 4.74 Å². The van der Waals surface area contributed by atoms with Crippen LogP contribution in [-0.2, 0) is 9.53 Å². The first-order valence-electron chi connectivity index (χ1n) is 6.86. The Bertz CT molecular complexity index is 229. The van der Waals surface area contributed by atoms with Crippen LogP contribution in [0.5, 0.6) is 0 Å². The van der Waals surface area contributed by atoms with E-state index >= 15 is 0 Å². The molecule has 0 N–H and O–H groups in total. The fraction of sp³-hybridized carbons (Fsp3) is 0.929. The maximum Gasteiger partial charge on any atom is 0.311 e. The molecule has 0 atom stereocenters. The molecule has 0 aromatic rings. The number of carbonyl (C=O) groups is 1. The number of hydrogen-bond acceptors (Lipinski definition) is 2. The van der Waals surface area contributed by atoms with E-state index in [1.165, 1.54) is 18.9 Å². The van der Waals surface area contributed by atoms with Gasteiger partial charge in [0.2, 0.25) is 0 Å². The molecule has 0 amide bonds. The molecule has 0 aliphatic heterocycles. The van der Waals surface area contributed by atoms with Crippen molar-refractivity contribution in [3.63, 3.8) is 0 Å². The minimum atomic E-state index is -0.883. The van der Waals surface area contributed by atoms with E-state index in [2.05, 4.69) is 19.6 Å². The van der Waals surface area contributed by atoms with Crippen LogP contribution in [0.2, 0.25) is 25.7 Å². The first-order chi connectivity index (χ1) is 7.69. The SMILES string of the molecule is CCC(C)(C)C(=O)OCCCCC[Si](C)(C)C. The molecule has 0 aromatic carbocycles. The van der Waals surface area contributed by atoms with E-state index in [9.17, 15) is 4.79 Å². The van der Waals surface area contributed by atoms with Crippen LogP contribution in [0, 0.1) is 5.41 Å². The number of esters is 1. The van der Waals surface area contributed by atoms with Crippen LogP contribution in [0.4, 0.5) is 0 Å². The average Bonchev–Trinajstić information content (AvgIpc) is 2.21. The molecule has 0 rings (SSSR count). The van der Waals surface area contributed by atoms with Crippen molar-refractivity contribution < 1.29 is 9.53 Å². The van der Waals surface area contributed by atoms with Gasteiger partial charge in [-0.05, 0) is 26.7 Å². The highest BCUT2D eigenvalue weighted by Crippen LogP contribution is 2.21. The van der Waals surface area contributed by atoms with Gasteiger partial charge in [0.05, 0.1) is 12.0 Å². The van der Waals surface area contributed by atoms with Crippen LogP contribution in [0.1, 0.15) is 46.5 Å². The van der Waals surface area contributed by atoms with E-state index in [0.717, 1.165) is 12.8 Å². The zero-order valence-electron chi connectivity index (χ0n) is 12.6. The van der Waals surface area contributed by atoms with Gasteiger partial charge in [-0.15, -0.1) is 0 Å². The Balaban J connectivity index is 3.56. The minimum Gasteiger partial charge on any atom is -0.465 e. The van der Waals surface area contributed by atoms with Crippen molar-refractivity contribution in [1.29, 1.82) is 0 Å². The summed E-state index contributed by atoms with van der Waals surface area (Å²) in [7, 11) is -0.883. The molecule has 0 spiro atoms. The van der Waals surface area contributed by atoms with Gasteiger partial charge >= 0.3 is 5.97 Å². The maximum absolute atomic E-state index is 11.7. The number of ether oxygens (including phenoxy) is 1. The fourth-order valence-corrected chi connectivity index (χ4v) is 2.75. The van der Waals surface area contributed by atoms with E-state index in [-0.39, 0.29) is 11.4 Å². The Labute approximate surface area is 108 Å². The minimum absolute atomic E-state index is 0.0507. The number of rotatable bonds is 8. The first-order valence-corrected chi connectivity index (χ1v) is 10.6. The Morgan fingerprint density at radius 3 is 2.18 bits per heavy atom. The number of hydrogen-bond donors (Lipinski definition) is 0. The summed E-state index contributed by atoms with van der Waals surface area (Å²) in [6.07, 6.45) is 4.31. The lowest BCUT2D eigenvalue weighted by Crippen LogP contribution is -2.26. The van der Waals surface area contributed by atoms with Crippen molar-refractivity contribution in [2.45, 2.75) is 72.1 Å². The van der Waals surface area contributed by atoms with Gasteiger partial charge in [-0.3, -0.25) is 4.79 Å². The first kappa shape index (κ1) is 16.7. The summed E-state index contributed by atoms with van der Waals surface area (Å²) in [4.78, 5) is 11.7. The molecule has 0 aromatic heterocycles. The summed E-state index contributed by atoms with van der Waals surface area (Å²) in [5.74, 6) is -0.0507. The Morgan fingerprint density at radius 1 is 1.12 bits per heavy atom. The van der Waals surface area contributed by atoms with Crippen molar-refractivity contribution >= 4 is 14.0 Å². The molecule has 0 fully saturated rings. The van der Waals surface area contributed by atoms with Gasteiger partial charge in [0, 0.05) is 8.07 Å². The van der Waals surface area contributed by atoms with Gasteiger partial charge in [0.25, 0.3) is 0 Å². The van der Waals surface area contributed by atoms with Crippen LogP contribution >= 0.6 is 0 Å². The van der Waals surface area contributed by atoms with Gasteiger partial charge in [-0.2, -0.15) is 0 Å². The smallest absolute Gasteiger partial charge is 0.311 e. The van der Waals surface area contributed by atoms with Crippen molar-refractivity contribution in [3.05, 3.63) is 0 Å². The summed E-state index contributed by atoms with van der Waals surface area (Å²) in [6, 6.07) is 1.38. The van der Waals surface area contributed by atoms with Crippen molar-refractivity contribution in [1.82, 2.24) is 0 Å². The van der Waals surface area contributed by atoms with Gasteiger partial charge in [-0.1, -0.05) is 45.5 Å². The van der Waals surface area contributed by atoms with E-state index < -0.39 is 8.07 Å². The molecule has 2 nitrogen and oxygen atoms in total. The quantitative estimate of drug-likeness (QED) is 0.365. The Morgan fingerprint density at radius 2 is 1.71 bits per heavy atom. The largest absolute Gasteiger partial charge is 0.465 e. The molecular formula is C14H30O2Si. The fourth-order valence-electron chi connectivity index (χ4n) is 1.44. The lowest BCUT2D eigenvalue weighted by molar-refractivity contribution is -0.154. The predicted octanol–water partition coefficient (Wildman–Crippen LogP) is 4.47. The topological polar surface area (TPSA) is 26.3 Å². The van der Waals surface area contributed by atoms with Crippen molar-refractivity contribution in [3.8, 4) is 0 Å². The molecule has 0 aliphatic rings. The van der Waals surface area contributed by atoms with E-state index in [1.54, 1.807) is 0 Å². The third kappa shape index (κ3) is 8.42. The molecule has 0 unspecified atom stereocenters. The van der Waals surface area contributed by atoms with Crippen LogP contribution in [0.15, 0.2) is 0 Å². The molecule has 0 aliphatic carbocycles. The van der Waals surface area contributed by atoms with Crippen LogP contribution in [0.25, 0.3) is 0 Å². The molecule has 102 valence electrons. The van der Waals surface area contributed by atoms with Gasteiger partial charge in [0.1, 0.15) is 0 Å². The molecule has 0 radical (unpaired) electrons. The molecule has 0 bridgehead atoms. The lowest BCUT2D eigenvalue weighted by atomic mass is 9.91. The van der Waals surface area contributed by atoms with E-state index in [1.807, 2.05) is 20.8 Å². The average molecular weight is 258 g/mol. The van der Waals surface area contributed by atoms with E-state index in [0.29, 0.717) is 6.61 Å². The third-order valence-electron chi connectivity index (χ3n) is 3.24. The van der Waals surface area contributed by atoms with Crippen molar-refractivity contribution in [2.75, 3.05) is 6.61 Å². The van der Waals surface area contributed by atoms with Crippen LogP contribution in [0.3, 0.4) is 0 Å². The summed E-state index contributed by atoms with van der Waals surface area (Å²) >= 11 is 0. The standard InChI is InChI=1S/C14H30O2Si/c1-7-14(2,3)13(15)16-11-9-8-10-12-17(4,5)6/h7-12H2,1-6H3. The zero-order valence-corrected chi connectivity index (χ0v) is 13.6. The molecular weight excluding hydrogens is 228 g/mol. The number of carbonyl (C=O) groups excluding carboxylic acids is 1. The van der Waals surface area contributed by atoms with Crippen molar-refractivity contribution in [2.24, 2.45) is 5.41 Å². The predicted molar refractivity (Wildman–Crippen MR) is 77.0 cm³/mol. The second-order valence-electron chi connectivity index (χ2n) is 6.74. The van der Waals surface area contributed by atoms with E-state index in [4.69, 9.17) is 4.74 Å². The maximum atomic E-state index is 11.7. The van der Waals surface area contributed by atoms with Gasteiger partial charge in [0.15, 0.2) is 0 Å². The summed E-state index contributed by atoms with van der Waals surface area (Å²) in [6.45, 7) is 13.7.